The smallest absolute Gasteiger partial charge is 0.323 e. The first-order chi connectivity index (χ1) is 22.2. The molecular formula is C30H26ClF3N8O2. The van der Waals surface area contributed by atoms with Crippen molar-refractivity contribution >= 4 is 23.2 Å². The number of aromatic nitrogens is 7. The van der Waals surface area contributed by atoms with Crippen molar-refractivity contribution in [1.29, 1.82) is 0 Å². The quantitative estimate of drug-likeness (QED) is 0.267. The fourth-order valence-corrected chi connectivity index (χ4v) is 5.47. The minimum absolute atomic E-state index is 0.145. The van der Waals surface area contributed by atoms with Gasteiger partial charge in [-0.1, -0.05) is 48.4 Å². The molecule has 0 aliphatic carbocycles. The second kappa shape index (κ2) is 11.4. The summed E-state index contributed by atoms with van der Waals surface area (Å²) >= 11 is 6.23. The molecular weight excluding hydrogens is 597 g/mol. The number of benzene rings is 2. The maximum atomic E-state index is 13.8. The summed E-state index contributed by atoms with van der Waals surface area (Å²) in [6.45, 7) is -0.867. The van der Waals surface area contributed by atoms with Gasteiger partial charge in [0.05, 0.1) is 47.5 Å². The summed E-state index contributed by atoms with van der Waals surface area (Å²) in [7, 11) is 0. The van der Waals surface area contributed by atoms with Crippen LogP contribution in [0.2, 0.25) is 5.02 Å². The summed E-state index contributed by atoms with van der Waals surface area (Å²) in [4.78, 5) is 31.3. The Kier molecular flexibility index (Phi) is 6.64. The number of hydrogen-bond acceptors (Lipinski definition) is 6. The van der Waals surface area contributed by atoms with Crippen molar-refractivity contribution in [3.63, 3.8) is 0 Å². The molecule has 5 aromatic rings. The van der Waals surface area contributed by atoms with Gasteiger partial charge in [-0.15, -0.1) is 5.10 Å². The van der Waals surface area contributed by atoms with Crippen LogP contribution >= 0.6 is 11.6 Å². The van der Waals surface area contributed by atoms with E-state index >= 15 is 0 Å². The minimum atomic E-state index is -4.70. The maximum Gasteiger partial charge on any atom is 0.436 e. The molecule has 2 aromatic carbocycles. The van der Waals surface area contributed by atoms with Gasteiger partial charge in [-0.2, -0.15) is 18.3 Å². The van der Waals surface area contributed by atoms with Crippen molar-refractivity contribution in [3.8, 4) is 28.2 Å². The molecule has 0 fully saturated rings. The highest BCUT2D eigenvalue weighted by Crippen LogP contribution is 2.34. The zero-order valence-corrected chi connectivity index (χ0v) is 23.8. The summed E-state index contributed by atoms with van der Waals surface area (Å²) in [5.74, 6) is -0.717. The van der Waals surface area contributed by atoms with Crippen molar-refractivity contribution in [2.45, 2.75) is 38.4 Å². The van der Waals surface area contributed by atoms with E-state index in [1.54, 1.807) is 25.1 Å². The number of anilines is 1. The number of rotatable bonds is 3. The molecule has 0 saturated heterocycles. The van der Waals surface area contributed by atoms with Crippen LogP contribution in [0.25, 0.3) is 28.2 Å². The van der Waals surface area contributed by atoms with Crippen molar-refractivity contribution < 1.29 is 22.1 Å². The third-order valence-corrected chi connectivity index (χ3v) is 7.81. The van der Waals surface area contributed by atoms with Gasteiger partial charge in [-0.05, 0) is 42.7 Å². The monoisotopic (exact) mass is 625 g/mol. The van der Waals surface area contributed by atoms with Gasteiger partial charge in [-0.25, -0.2) is 9.67 Å². The summed E-state index contributed by atoms with van der Waals surface area (Å²) in [5, 5.41) is 14.0. The van der Waals surface area contributed by atoms with E-state index in [0.29, 0.717) is 30.4 Å². The van der Waals surface area contributed by atoms with Crippen LogP contribution in [-0.2, 0) is 17.9 Å². The van der Waals surface area contributed by atoms with E-state index in [1.807, 2.05) is 6.07 Å². The molecule has 1 N–H and O–H groups in total. The van der Waals surface area contributed by atoms with E-state index in [0.717, 1.165) is 15.6 Å². The Balaban J connectivity index is 1.44. The Morgan fingerprint density at radius 2 is 1.95 bits per heavy atom. The first-order valence-corrected chi connectivity index (χ1v) is 14.0. The van der Waals surface area contributed by atoms with E-state index in [9.17, 15) is 22.8 Å². The molecule has 2 bridgehead atoms. The van der Waals surface area contributed by atoms with Crippen LogP contribution in [0.5, 0.6) is 0 Å². The number of alkyl halides is 3. The van der Waals surface area contributed by atoms with E-state index in [1.165, 1.54) is 41.4 Å². The maximum absolute atomic E-state index is 13.8. The van der Waals surface area contributed by atoms with Crippen molar-refractivity contribution in [2.75, 3.05) is 5.32 Å². The third-order valence-electron chi connectivity index (χ3n) is 7.57. The van der Waals surface area contributed by atoms with Gasteiger partial charge in [0, 0.05) is 39.2 Å². The average Bonchev–Trinajstić information content (AvgIpc) is 3.67. The lowest BCUT2D eigenvalue weighted by Crippen LogP contribution is -2.26. The standard InChI is InChI=1S/C30H26ClF3N8O2/c1-17-5-3-8-24(18-6-4-7-19(11-18)28-23(37-29(17)44)14-36-40(28)2)41-16-35-22(13-27(41)43)21-12-20(31)9-10-25(21)42-15-26(38-39-42)30(32,33)34/h4,6-7,9-17,24H,3,5,8H2,1-2H3,(H,37,44)/t17-,24+/m1/s1/i2D3. The molecule has 0 saturated carbocycles. The van der Waals surface area contributed by atoms with Gasteiger partial charge in [-0.3, -0.25) is 18.8 Å². The number of carbonyl (C=O) groups excluding carboxylic acids is 1. The topological polar surface area (TPSA) is 113 Å². The van der Waals surface area contributed by atoms with Gasteiger partial charge in [0.25, 0.3) is 5.56 Å². The first kappa shape index (κ1) is 25.7. The number of carbonyl (C=O) groups is 1. The van der Waals surface area contributed by atoms with E-state index < -0.39 is 36.4 Å². The number of nitrogens with zero attached hydrogens (tertiary/aromatic N) is 7. The highest BCUT2D eigenvalue weighted by Gasteiger charge is 2.35. The Morgan fingerprint density at radius 3 is 2.70 bits per heavy atom. The van der Waals surface area contributed by atoms with Crippen LogP contribution in [0.15, 0.2) is 72.0 Å². The minimum Gasteiger partial charge on any atom is -0.323 e. The second-order valence-corrected chi connectivity index (χ2v) is 10.9. The normalized spacial score (nSPS) is 18.7. The van der Waals surface area contributed by atoms with Gasteiger partial charge in [0.15, 0.2) is 5.69 Å². The second-order valence-electron chi connectivity index (χ2n) is 10.5. The molecule has 14 heteroatoms. The highest BCUT2D eigenvalue weighted by molar-refractivity contribution is 6.31. The van der Waals surface area contributed by atoms with E-state index in [-0.39, 0.29) is 39.3 Å². The summed E-state index contributed by atoms with van der Waals surface area (Å²) in [6, 6.07) is 12.1. The van der Waals surface area contributed by atoms with Gasteiger partial charge < -0.3 is 5.32 Å². The van der Waals surface area contributed by atoms with Crippen LogP contribution in [0, 0.1) is 5.92 Å². The molecule has 44 heavy (non-hydrogen) atoms. The molecule has 4 heterocycles. The number of halogens is 4. The van der Waals surface area contributed by atoms with Crippen LogP contribution < -0.4 is 10.9 Å². The number of nitrogens with one attached hydrogen (secondary N) is 1. The molecule has 10 nitrogen and oxygen atoms in total. The van der Waals surface area contributed by atoms with E-state index in [2.05, 4.69) is 25.7 Å². The number of aryl methyl sites for hydroxylation is 1. The zero-order valence-electron chi connectivity index (χ0n) is 26.1. The van der Waals surface area contributed by atoms with Crippen molar-refractivity contribution in [1.82, 2.24) is 34.3 Å². The molecule has 2 atom stereocenters. The van der Waals surface area contributed by atoms with Crippen molar-refractivity contribution in [3.05, 3.63) is 93.9 Å². The predicted octanol–water partition coefficient (Wildman–Crippen LogP) is 5.91. The van der Waals surface area contributed by atoms with E-state index in [4.69, 9.17) is 15.7 Å². The van der Waals surface area contributed by atoms with Gasteiger partial charge in [0.2, 0.25) is 5.91 Å². The summed E-state index contributed by atoms with van der Waals surface area (Å²) < 4.78 is 66.9. The van der Waals surface area contributed by atoms with Crippen molar-refractivity contribution in [2.24, 2.45) is 12.9 Å². The average molecular weight is 626 g/mol. The Morgan fingerprint density at radius 1 is 1.11 bits per heavy atom. The number of hydrogen-bond donors (Lipinski definition) is 1. The highest BCUT2D eigenvalue weighted by atomic mass is 35.5. The molecule has 0 spiro atoms. The van der Waals surface area contributed by atoms with Crippen LogP contribution in [0.1, 0.15) is 47.6 Å². The molecule has 0 unspecified atom stereocenters. The van der Waals surface area contributed by atoms with Crippen LogP contribution in [0.3, 0.4) is 0 Å². The lowest BCUT2D eigenvalue weighted by atomic mass is 9.94. The van der Waals surface area contributed by atoms with Gasteiger partial charge in [0.1, 0.15) is 0 Å². The Bertz CT molecular complexity index is 2040. The van der Waals surface area contributed by atoms with Gasteiger partial charge >= 0.3 is 6.18 Å². The number of amides is 1. The zero-order chi connectivity index (χ0) is 33.7. The molecule has 1 amide bonds. The Labute approximate surface area is 258 Å². The van der Waals surface area contributed by atoms with Crippen LogP contribution in [0.4, 0.5) is 18.9 Å². The SMILES string of the molecule is [2H]C([2H])([2H])n1ncc2c1-c1cccc(c1)[C@@H](n1cnc(-c3cc(Cl)ccc3-n3cc(C(F)(F)F)nn3)cc1=O)CCC[C@@H](C)C(=O)N2. The third kappa shape index (κ3) is 5.62. The largest absolute Gasteiger partial charge is 0.436 e. The Hall–Kier alpha value is -4.78. The fraction of sp³-hybridized carbons (Fsp3) is 0.267. The lowest BCUT2D eigenvalue weighted by Gasteiger charge is -2.23. The molecule has 3 aromatic heterocycles. The summed E-state index contributed by atoms with van der Waals surface area (Å²) in [5.41, 5.74) is 0.535. The molecule has 226 valence electrons. The number of fused-ring (bicyclic) bond motifs is 4. The predicted molar refractivity (Wildman–Crippen MR) is 157 cm³/mol. The molecule has 1 aliphatic rings. The fourth-order valence-electron chi connectivity index (χ4n) is 5.30. The van der Waals surface area contributed by atoms with Crippen LogP contribution in [-0.4, -0.2) is 40.2 Å². The molecule has 0 radical (unpaired) electrons. The summed E-state index contributed by atoms with van der Waals surface area (Å²) in [6.07, 6.45) is 0.167. The molecule has 6 rings (SSSR count). The molecule has 1 aliphatic heterocycles. The lowest BCUT2D eigenvalue weighted by molar-refractivity contribution is -0.141. The first-order valence-electron chi connectivity index (χ1n) is 15.1.